The van der Waals surface area contributed by atoms with Crippen molar-refractivity contribution in [1.82, 2.24) is 5.32 Å². The topological polar surface area (TPSA) is 41.5 Å². The number of ether oxygens (including phenoxy) is 1. The third-order valence-electron chi connectivity index (χ3n) is 2.20. The lowest BCUT2D eigenvalue weighted by Gasteiger charge is -2.16. The number of aliphatic hydroxyl groups is 1. The van der Waals surface area contributed by atoms with Crippen LogP contribution in [0.5, 0.6) is 5.75 Å². The van der Waals surface area contributed by atoms with E-state index in [4.69, 9.17) is 5.11 Å². The number of halogens is 4. The summed E-state index contributed by atoms with van der Waals surface area (Å²) in [5.41, 5.74) is -0.227. The van der Waals surface area contributed by atoms with E-state index in [0.29, 0.717) is 0 Å². The van der Waals surface area contributed by atoms with Gasteiger partial charge in [0.1, 0.15) is 11.6 Å². The van der Waals surface area contributed by atoms with Crippen LogP contribution in [0.4, 0.5) is 17.6 Å². The molecule has 1 aromatic rings. The minimum atomic E-state index is -4.87. The Kier molecular flexibility index (Phi) is 4.92. The quantitative estimate of drug-likeness (QED) is 0.804. The van der Waals surface area contributed by atoms with Crippen LogP contribution in [-0.2, 0) is 6.54 Å². The first-order valence-corrected chi connectivity index (χ1v) is 5.21. The number of hydrogen-bond acceptors (Lipinski definition) is 3. The fourth-order valence-electron chi connectivity index (χ4n) is 1.27. The van der Waals surface area contributed by atoms with Gasteiger partial charge in [0.15, 0.2) is 0 Å². The van der Waals surface area contributed by atoms with Gasteiger partial charge in [-0.1, -0.05) is 6.07 Å². The van der Waals surface area contributed by atoms with E-state index in [1.165, 1.54) is 0 Å². The van der Waals surface area contributed by atoms with Gasteiger partial charge in [-0.05, 0) is 19.1 Å². The maximum absolute atomic E-state index is 13.4. The van der Waals surface area contributed by atoms with E-state index >= 15 is 0 Å². The van der Waals surface area contributed by atoms with Crippen molar-refractivity contribution in [3.63, 3.8) is 0 Å². The first kappa shape index (κ1) is 14.7. The number of benzene rings is 1. The molecule has 0 amide bonds. The van der Waals surface area contributed by atoms with Gasteiger partial charge in [0.25, 0.3) is 0 Å². The van der Waals surface area contributed by atoms with Gasteiger partial charge in [0.05, 0.1) is 6.61 Å². The molecule has 0 fully saturated rings. The van der Waals surface area contributed by atoms with Crippen molar-refractivity contribution in [2.45, 2.75) is 25.9 Å². The van der Waals surface area contributed by atoms with Gasteiger partial charge in [0.2, 0.25) is 0 Å². The van der Waals surface area contributed by atoms with E-state index in [2.05, 4.69) is 10.1 Å². The van der Waals surface area contributed by atoms with Crippen LogP contribution < -0.4 is 10.1 Å². The molecule has 0 bridgehead atoms. The monoisotopic (exact) mass is 267 g/mol. The molecule has 1 aromatic carbocycles. The van der Waals surface area contributed by atoms with Gasteiger partial charge in [-0.15, -0.1) is 13.2 Å². The SMILES string of the molecule is C[C@@H](CO)NCc1c(F)cccc1OC(F)(F)F. The Morgan fingerprint density at radius 1 is 1.39 bits per heavy atom. The summed E-state index contributed by atoms with van der Waals surface area (Å²) in [6, 6.07) is 2.86. The van der Waals surface area contributed by atoms with Crippen molar-refractivity contribution in [1.29, 1.82) is 0 Å². The maximum Gasteiger partial charge on any atom is 0.573 e. The van der Waals surface area contributed by atoms with E-state index in [-0.39, 0.29) is 24.8 Å². The number of nitrogens with one attached hydrogen (secondary N) is 1. The number of aliphatic hydroxyl groups excluding tert-OH is 1. The van der Waals surface area contributed by atoms with Crippen LogP contribution >= 0.6 is 0 Å². The van der Waals surface area contributed by atoms with Crippen LogP contribution in [0.1, 0.15) is 12.5 Å². The molecule has 0 aliphatic heterocycles. The second-order valence-electron chi connectivity index (χ2n) is 3.73. The minimum Gasteiger partial charge on any atom is -0.405 e. The second-order valence-corrected chi connectivity index (χ2v) is 3.73. The summed E-state index contributed by atoms with van der Waals surface area (Å²) >= 11 is 0. The lowest BCUT2D eigenvalue weighted by Crippen LogP contribution is -2.29. The molecule has 0 saturated heterocycles. The molecule has 0 spiro atoms. The van der Waals surface area contributed by atoms with E-state index in [1.807, 2.05) is 0 Å². The molecule has 1 atom stereocenters. The average molecular weight is 267 g/mol. The molecule has 18 heavy (non-hydrogen) atoms. The molecule has 0 saturated carbocycles. The zero-order chi connectivity index (χ0) is 13.8. The first-order valence-electron chi connectivity index (χ1n) is 5.21. The smallest absolute Gasteiger partial charge is 0.405 e. The van der Waals surface area contributed by atoms with E-state index in [0.717, 1.165) is 18.2 Å². The van der Waals surface area contributed by atoms with Crippen molar-refractivity contribution in [3.05, 3.63) is 29.6 Å². The van der Waals surface area contributed by atoms with Crippen LogP contribution in [0, 0.1) is 5.82 Å². The van der Waals surface area contributed by atoms with Gasteiger partial charge >= 0.3 is 6.36 Å². The van der Waals surface area contributed by atoms with Crippen LogP contribution in [-0.4, -0.2) is 24.1 Å². The molecule has 0 aliphatic rings. The van der Waals surface area contributed by atoms with E-state index in [1.54, 1.807) is 6.92 Å². The average Bonchev–Trinajstić information content (AvgIpc) is 2.25. The van der Waals surface area contributed by atoms with Crippen molar-refractivity contribution in [2.24, 2.45) is 0 Å². The number of hydrogen-bond donors (Lipinski definition) is 2. The fourth-order valence-corrected chi connectivity index (χ4v) is 1.27. The Morgan fingerprint density at radius 2 is 2.06 bits per heavy atom. The summed E-state index contributed by atoms with van der Waals surface area (Å²) in [4.78, 5) is 0. The molecule has 0 unspecified atom stereocenters. The predicted molar refractivity (Wildman–Crippen MR) is 56.5 cm³/mol. The van der Waals surface area contributed by atoms with Crippen LogP contribution in [0.15, 0.2) is 18.2 Å². The summed E-state index contributed by atoms with van der Waals surface area (Å²) in [6.07, 6.45) is -4.87. The molecular weight excluding hydrogens is 254 g/mol. The zero-order valence-electron chi connectivity index (χ0n) is 9.59. The Hall–Kier alpha value is -1.34. The second kappa shape index (κ2) is 6.01. The predicted octanol–water partition coefficient (Wildman–Crippen LogP) is 2.19. The van der Waals surface area contributed by atoms with Crippen LogP contribution in [0.3, 0.4) is 0 Å². The standard InChI is InChI=1S/C11H13F4NO2/c1-7(6-17)16-5-8-9(12)3-2-4-10(8)18-11(13,14)15/h2-4,7,16-17H,5-6H2,1H3/t7-/m0/s1. The molecule has 3 nitrogen and oxygen atoms in total. The molecule has 7 heteroatoms. The number of rotatable bonds is 5. The summed E-state index contributed by atoms with van der Waals surface area (Å²) in [5.74, 6) is -1.38. The molecule has 0 radical (unpaired) electrons. The van der Waals surface area contributed by atoms with Gasteiger partial charge in [-0.3, -0.25) is 0 Å². The molecule has 0 aliphatic carbocycles. The summed E-state index contributed by atoms with van der Waals surface area (Å²) in [5, 5.41) is 11.4. The molecule has 102 valence electrons. The Balaban J connectivity index is 2.87. The molecule has 1 rings (SSSR count). The van der Waals surface area contributed by atoms with Gasteiger partial charge < -0.3 is 15.2 Å². The third kappa shape index (κ3) is 4.50. The third-order valence-corrected chi connectivity index (χ3v) is 2.20. The first-order chi connectivity index (χ1) is 8.33. The minimum absolute atomic E-state index is 0.167. The van der Waals surface area contributed by atoms with Crippen molar-refractivity contribution in [2.75, 3.05) is 6.61 Å². The van der Waals surface area contributed by atoms with Crippen LogP contribution in [0.25, 0.3) is 0 Å². The zero-order valence-corrected chi connectivity index (χ0v) is 9.59. The van der Waals surface area contributed by atoms with Crippen molar-refractivity contribution >= 4 is 0 Å². The Labute approximate surface area is 101 Å². The summed E-state index contributed by atoms with van der Waals surface area (Å²) in [7, 11) is 0. The molecule has 2 N–H and O–H groups in total. The maximum atomic E-state index is 13.4. The van der Waals surface area contributed by atoms with Gasteiger partial charge in [-0.25, -0.2) is 4.39 Å². The van der Waals surface area contributed by atoms with Gasteiger partial charge in [0, 0.05) is 18.2 Å². The highest BCUT2D eigenvalue weighted by molar-refractivity contribution is 5.34. The molecule has 0 heterocycles. The Morgan fingerprint density at radius 3 is 2.61 bits per heavy atom. The van der Waals surface area contributed by atoms with Gasteiger partial charge in [-0.2, -0.15) is 0 Å². The van der Waals surface area contributed by atoms with E-state index in [9.17, 15) is 17.6 Å². The molecular formula is C11H13F4NO2. The lowest BCUT2D eigenvalue weighted by atomic mass is 10.1. The van der Waals surface area contributed by atoms with Crippen LogP contribution in [0.2, 0.25) is 0 Å². The lowest BCUT2D eigenvalue weighted by molar-refractivity contribution is -0.275. The number of alkyl halides is 3. The van der Waals surface area contributed by atoms with E-state index < -0.39 is 17.9 Å². The van der Waals surface area contributed by atoms with Crippen molar-refractivity contribution in [3.8, 4) is 5.75 Å². The summed E-state index contributed by atoms with van der Waals surface area (Å²) < 4.78 is 53.5. The fraction of sp³-hybridized carbons (Fsp3) is 0.455. The van der Waals surface area contributed by atoms with Crippen molar-refractivity contribution < 1.29 is 27.4 Å². The largest absolute Gasteiger partial charge is 0.573 e. The highest BCUT2D eigenvalue weighted by Gasteiger charge is 2.32. The molecule has 0 aromatic heterocycles. The highest BCUT2D eigenvalue weighted by atomic mass is 19.4. The Bertz CT molecular complexity index is 395. The normalized spacial score (nSPS) is 13.4. The summed E-state index contributed by atoms with van der Waals surface area (Å²) in [6.45, 7) is 1.24. The highest BCUT2D eigenvalue weighted by Crippen LogP contribution is 2.27.